The Morgan fingerprint density at radius 1 is 0.870 bits per heavy atom. The van der Waals surface area contributed by atoms with Crippen LogP contribution in [0.5, 0.6) is 0 Å². The van der Waals surface area contributed by atoms with Gasteiger partial charge in [-0.3, -0.25) is 15.1 Å². The number of hydrogen-bond acceptors (Lipinski definition) is 7. The molecule has 0 radical (unpaired) electrons. The van der Waals surface area contributed by atoms with E-state index in [4.69, 9.17) is 4.74 Å². The molecule has 3 amide bonds. The summed E-state index contributed by atoms with van der Waals surface area (Å²) in [5, 5.41) is 9.40. The highest BCUT2D eigenvalue weighted by Crippen LogP contribution is 2.24. The number of ketones is 1. The summed E-state index contributed by atoms with van der Waals surface area (Å²) in [6, 6.07) is 22.0. The highest BCUT2D eigenvalue weighted by molar-refractivity contribution is 7.08. The summed E-state index contributed by atoms with van der Waals surface area (Å²) in [5.74, 6) is -0.170. The van der Waals surface area contributed by atoms with Crippen LogP contribution in [0.15, 0.2) is 83.7 Å². The van der Waals surface area contributed by atoms with Crippen LogP contribution in [0, 0.1) is 0 Å². The largest absolute Gasteiger partial charge is 0.444 e. The van der Waals surface area contributed by atoms with Gasteiger partial charge in [0.2, 0.25) is 0 Å². The second-order valence-electron chi connectivity index (χ2n) is 12.4. The Kier molecular flexibility index (Phi) is 12.1. The number of rotatable bonds is 13. The molecule has 2 aromatic carbocycles. The summed E-state index contributed by atoms with van der Waals surface area (Å²) in [4.78, 5) is 46.7. The van der Waals surface area contributed by atoms with E-state index >= 15 is 0 Å². The fourth-order valence-electron chi connectivity index (χ4n) is 4.64. The zero-order chi connectivity index (χ0) is 33.1. The zero-order valence-electron chi connectivity index (χ0n) is 27.2. The Hall–Kier alpha value is -4.54. The van der Waals surface area contributed by atoms with Crippen LogP contribution < -0.4 is 10.6 Å². The van der Waals surface area contributed by atoms with Crippen LogP contribution in [0.3, 0.4) is 0 Å². The van der Waals surface area contributed by atoms with E-state index in [1.165, 1.54) is 16.9 Å². The standard InChI is InChI=1S/C36H43N5O4S/c1-36(2,3)45-35(44)39-32-25-46-24-30(32)21-33(42)31-16-13-27(22-38-31)23-41(20-19-40(4)5)34(43)37-18-17-26-11-14-29(15-12-26)28-9-7-6-8-10-28/h6-16,22,24-25H,17-21,23H2,1-5H3,(H,37,43)(H,39,44). The van der Waals surface area contributed by atoms with Crippen LogP contribution in [0.4, 0.5) is 15.3 Å². The first-order chi connectivity index (χ1) is 22.0. The topological polar surface area (TPSA) is 104 Å². The molecule has 2 aromatic heterocycles. The van der Waals surface area contributed by atoms with Gasteiger partial charge in [-0.25, -0.2) is 9.59 Å². The molecular formula is C36H43N5O4S. The molecule has 0 unspecified atom stereocenters. The van der Waals surface area contributed by atoms with Gasteiger partial charge in [0, 0.05) is 44.2 Å². The van der Waals surface area contributed by atoms with E-state index in [-0.39, 0.29) is 18.2 Å². The van der Waals surface area contributed by atoms with E-state index in [9.17, 15) is 14.4 Å². The molecule has 0 aliphatic carbocycles. The predicted molar refractivity (Wildman–Crippen MR) is 184 cm³/mol. The maximum Gasteiger partial charge on any atom is 0.412 e. The molecule has 0 saturated carbocycles. The number of hydrogen-bond donors (Lipinski definition) is 2. The van der Waals surface area contributed by atoms with Gasteiger partial charge in [0.15, 0.2) is 5.78 Å². The first-order valence-corrected chi connectivity index (χ1v) is 16.3. The Morgan fingerprint density at radius 3 is 2.22 bits per heavy atom. The Morgan fingerprint density at radius 2 is 1.57 bits per heavy atom. The molecule has 2 N–H and O–H groups in total. The first-order valence-electron chi connectivity index (χ1n) is 15.3. The predicted octanol–water partition coefficient (Wildman–Crippen LogP) is 6.90. The fourth-order valence-corrected chi connectivity index (χ4v) is 5.43. The number of likely N-dealkylation sites (N-methyl/N-ethyl adjacent to an activating group) is 1. The molecule has 0 atom stereocenters. The molecule has 46 heavy (non-hydrogen) atoms. The number of urea groups is 1. The number of thiophene rings is 1. The molecule has 9 nitrogen and oxygen atoms in total. The summed E-state index contributed by atoms with van der Waals surface area (Å²) in [6.07, 6.45) is 1.89. The van der Waals surface area contributed by atoms with E-state index in [0.29, 0.717) is 43.1 Å². The smallest absolute Gasteiger partial charge is 0.412 e. The van der Waals surface area contributed by atoms with Gasteiger partial charge in [-0.05, 0) is 80.6 Å². The second-order valence-corrected chi connectivity index (χ2v) is 13.1. The quantitative estimate of drug-likeness (QED) is 0.154. The lowest BCUT2D eigenvalue weighted by molar-refractivity contribution is 0.0635. The van der Waals surface area contributed by atoms with E-state index in [0.717, 1.165) is 23.1 Å². The maximum absolute atomic E-state index is 13.2. The summed E-state index contributed by atoms with van der Waals surface area (Å²) in [7, 11) is 3.94. The van der Waals surface area contributed by atoms with E-state index < -0.39 is 11.7 Å². The highest BCUT2D eigenvalue weighted by atomic mass is 32.1. The monoisotopic (exact) mass is 641 g/mol. The minimum absolute atomic E-state index is 0.0906. The third kappa shape index (κ3) is 10.8. The van der Waals surface area contributed by atoms with Gasteiger partial charge in [-0.1, -0.05) is 60.7 Å². The molecule has 2 heterocycles. The normalized spacial score (nSPS) is 11.3. The number of pyridine rings is 1. The zero-order valence-corrected chi connectivity index (χ0v) is 28.0. The fraction of sp³-hybridized carbons (Fsp3) is 0.333. The molecule has 4 aromatic rings. The van der Waals surface area contributed by atoms with E-state index in [1.54, 1.807) is 43.3 Å². The minimum atomic E-state index is -0.625. The Balaban J connectivity index is 1.31. The van der Waals surface area contributed by atoms with Gasteiger partial charge >= 0.3 is 12.1 Å². The van der Waals surface area contributed by atoms with Crippen LogP contribution in [0.2, 0.25) is 0 Å². The summed E-state index contributed by atoms with van der Waals surface area (Å²) in [5.41, 5.74) is 5.26. The van der Waals surface area contributed by atoms with Gasteiger partial charge in [-0.15, -0.1) is 11.3 Å². The lowest BCUT2D eigenvalue weighted by Crippen LogP contribution is -2.43. The average molecular weight is 642 g/mol. The molecule has 0 aliphatic heterocycles. The lowest BCUT2D eigenvalue weighted by Gasteiger charge is -2.25. The highest BCUT2D eigenvalue weighted by Gasteiger charge is 2.20. The second kappa shape index (κ2) is 16.1. The van der Waals surface area contributed by atoms with Gasteiger partial charge in [-0.2, -0.15) is 0 Å². The summed E-state index contributed by atoms with van der Waals surface area (Å²) >= 11 is 1.40. The van der Waals surface area contributed by atoms with Crippen molar-refractivity contribution in [3.63, 3.8) is 0 Å². The molecule has 10 heteroatoms. The van der Waals surface area contributed by atoms with Gasteiger partial charge in [0.1, 0.15) is 11.3 Å². The van der Waals surface area contributed by atoms with Crippen molar-refractivity contribution in [2.45, 2.75) is 45.8 Å². The minimum Gasteiger partial charge on any atom is -0.444 e. The molecule has 0 saturated heterocycles. The van der Waals surface area contributed by atoms with Gasteiger partial charge in [0.05, 0.1) is 5.69 Å². The van der Waals surface area contributed by atoms with Crippen LogP contribution >= 0.6 is 11.3 Å². The number of anilines is 1. The van der Waals surface area contributed by atoms with Crippen molar-refractivity contribution < 1.29 is 19.1 Å². The molecular weight excluding hydrogens is 598 g/mol. The number of amides is 3. The van der Waals surface area contributed by atoms with Crippen molar-refractivity contribution in [1.29, 1.82) is 0 Å². The third-order valence-electron chi connectivity index (χ3n) is 7.07. The first kappa shape index (κ1) is 34.3. The van der Waals surface area contributed by atoms with Crippen molar-refractivity contribution in [2.24, 2.45) is 0 Å². The SMILES string of the molecule is CN(C)CCN(Cc1ccc(C(=O)Cc2cscc2NC(=O)OC(C)(C)C)nc1)C(=O)NCCc1ccc(-c2ccccc2)cc1. The number of carbonyl (C=O) groups is 3. The Labute approximate surface area is 275 Å². The van der Waals surface area contributed by atoms with Gasteiger partial charge < -0.3 is 19.9 Å². The van der Waals surface area contributed by atoms with Crippen molar-refractivity contribution in [2.75, 3.05) is 39.0 Å². The molecule has 242 valence electrons. The molecule has 0 spiro atoms. The van der Waals surface area contributed by atoms with Crippen molar-refractivity contribution in [3.8, 4) is 11.1 Å². The van der Waals surface area contributed by atoms with Crippen molar-refractivity contribution >= 4 is 34.9 Å². The molecule has 0 bridgehead atoms. The summed E-state index contributed by atoms with van der Waals surface area (Å²) < 4.78 is 5.33. The van der Waals surface area contributed by atoms with Crippen LogP contribution in [-0.2, 0) is 24.1 Å². The third-order valence-corrected chi connectivity index (χ3v) is 7.86. The van der Waals surface area contributed by atoms with Crippen molar-refractivity contribution in [1.82, 2.24) is 20.1 Å². The maximum atomic E-state index is 13.2. The molecule has 0 fully saturated rings. The number of benzene rings is 2. The summed E-state index contributed by atoms with van der Waals surface area (Å²) in [6.45, 7) is 7.50. The number of nitrogens with one attached hydrogen (secondary N) is 2. The van der Waals surface area contributed by atoms with Crippen LogP contribution in [-0.4, -0.2) is 72.0 Å². The molecule has 4 rings (SSSR count). The number of nitrogens with zero attached hydrogens (tertiary/aromatic N) is 3. The molecule has 0 aliphatic rings. The van der Waals surface area contributed by atoms with E-state index in [2.05, 4.69) is 52.0 Å². The van der Waals surface area contributed by atoms with Crippen molar-refractivity contribution in [3.05, 3.63) is 106 Å². The number of aromatic nitrogens is 1. The number of ether oxygens (including phenoxy) is 1. The van der Waals surface area contributed by atoms with E-state index in [1.807, 2.05) is 48.6 Å². The Bertz CT molecular complexity index is 1580. The van der Waals surface area contributed by atoms with Crippen LogP contribution in [0.1, 0.15) is 48.0 Å². The van der Waals surface area contributed by atoms with Crippen LogP contribution in [0.25, 0.3) is 11.1 Å². The van der Waals surface area contributed by atoms with Gasteiger partial charge in [0.25, 0.3) is 0 Å². The lowest BCUT2D eigenvalue weighted by atomic mass is 10.0. The number of carbonyl (C=O) groups excluding carboxylic acids is 3. The average Bonchev–Trinajstić information content (AvgIpc) is 3.44. The number of Topliss-reactive ketones (excluding diaryl/α,β-unsaturated/α-hetero) is 1.